The van der Waals surface area contributed by atoms with Crippen molar-refractivity contribution in [1.29, 1.82) is 0 Å². The maximum Gasteiger partial charge on any atom is 0.410 e. The van der Waals surface area contributed by atoms with E-state index in [0.717, 1.165) is 24.5 Å². The van der Waals surface area contributed by atoms with Crippen molar-refractivity contribution in [2.45, 2.75) is 30.2 Å². The number of rotatable bonds is 3. The maximum atomic E-state index is 12.8. The zero-order chi connectivity index (χ0) is 13.6. The number of hydrogen-bond donors (Lipinski definition) is 0. The van der Waals surface area contributed by atoms with Crippen molar-refractivity contribution in [2.24, 2.45) is 0 Å². The van der Waals surface area contributed by atoms with E-state index in [1.165, 1.54) is 12.1 Å². The molecule has 0 spiro atoms. The lowest BCUT2D eigenvalue weighted by atomic mass is 10.0. The molecule has 1 fully saturated rings. The van der Waals surface area contributed by atoms with Crippen molar-refractivity contribution in [3.63, 3.8) is 0 Å². The van der Waals surface area contributed by atoms with Gasteiger partial charge in [-0.05, 0) is 29.9 Å². The highest BCUT2D eigenvalue weighted by Crippen LogP contribution is 2.44. The second-order valence-corrected chi connectivity index (χ2v) is 7.05. The second kappa shape index (κ2) is 4.42. The van der Waals surface area contributed by atoms with Crippen LogP contribution in [0.25, 0.3) is 0 Å². The van der Waals surface area contributed by atoms with Gasteiger partial charge in [0.2, 0.25) is 9.05 Å². The van der Waals surface area contributed by atoms with Gasteiger partial charge in [0.25, 0.3) is 0 Å². The van der Waals surface area contributed by atoms with Gasteiger partial charge in [-0.3, -0.25) is 0 Å². The molecule has 0 amide bonds. The Morgan fingerprint density at radius 3 is 2.33 bits per heavy atom. The van der Waals surface area contributed by atoms with Gasteiger partial charge in [0.05, 0.1) is 0 Å². The molecule has 18 heavy (non-hydrogen) atoms. The van der Waals surface area contributed by atoms with Crippen LogP contribution in [0, 0.1) is 0 Å². The third kappa shape index (κ3) is 2.98. The van der Waals surface area contributed by atoms with E-state index in [1.54, 1.807) is 6.07 Å². The summed E-state index contributed by atoms with van der Waals surface area (Å²) in [6.45, 7) is 0. The highest BCUT2D eigenvalue weighted by Gasteiger charge is 2.49. The molecule has 0 radical (unpaired) electrons. The molecule has 2 nitrogen and oxygen atoms in total. The molecule has 1 aromatic carbocycles. The number of halogens is 4. The molecule has 0 heterocycles. The van der Waals surface area contributed by atoms with E-state index in [4.69, 9.17) is 10.7 Å². The average Bonchev–Trinajstić information content (AvgIpc) is 2.95. The summed E-state index contributed by atoms with van der Waals surface area (Å²) in [5, 5.41) is -2.66. The van der Waals surface area contributed by atoms with Gasteiger partial charge in [-0.1, -0.05) is 24.3 Å². The fourth-order valence-electron chi connectivity index (χ4n) is 1.90. The normalized spacial score (nSPS) is 18.7. The Morgan fingerprint density at radius 2 is 1.89 bits per heavy atom. The summed E-state index contributed by atoms with van der Waals surface area (Å²) in [6.07, 6.45) is -3.07. The molecule has 1 atom stereocenters. The van der Waals surface area contributed by atoms with Crippen molar-refractivity contribution in [3.05, 3.63) is 35.4 Å². The fourth-order valence-corrected chi connectivity index (χ4v) is 3.31. The molecule has 0 aliphatic heterocycles. The van der Waals surface area contributed by atoms with Crippen LogP contribution in [0.15, 0.2) is 24.3 Å². The molecule has 1 aromatic rings. The lowest BCUT2D eigenvalue weighted by Gasteiger charge is -2.18. The van der Waals surface area contributed by atoms with Gasteiger partial charge in [-0.2, -0.15) is 13.2 Å². The third-order valence-corrected chi connectivity index (χ3v) is 4.48. The van der Waals surface area contributed by atoms with Gasteiger partial charge in [0.15, 0.2) is 5.25 Å². The van der Waals surface area contributed by atoms with Crippen LogP contribution in [-0.2, 0) is 9.05 Å². The first-order valence-corrected chi connectivity index (χ1v) is 7.67. The van der Waals surface area contributed by atoms with E-state index < -0.39 is 20.5 Å². The number of hydrogen-bond acceptors (Lipinski definition) is 2. The topological polar surface area (TPSA) is 34.1 Å². The molecule has 100 valence electrons. The van der Waals surface area contributed by atoms with Crippen molar-refractivity contribution in [3.8, 4) is 0 Å². The summed E-state index contributed by atoms with van der Waals surface area (Å²) in [5.74, 6) is 0.247. The molecule has 0 aromatic heterocycles. The van der Waals surface area contributed by atoms with E-state index in [1.807, 2.05) is 0 Å². The van der Waals surface area contributed by atoms with E-state index in [0.29, 0.717) is 0 Å². The Labute approximate surface area is 107 Å². The Kier molecular flexibility index (Phi) is 3.36. The molecule has 0 N–H and O–H groups in total. The molecule has 1 saturated carbocycles. The molecular formula is C11H10ClF3O2S. The van der Waals surface area contributed by atoms with Crippen LogP contribution in [0.4, 0.5) is 13.2 Å². The molecule has 7 heteroatoms. The summed E-state index contributed by atoms with van der Waals surface area (Å²) in [4.78, 5) is 0. The van der Waals surface area contributed by atoms with Gasteiger partial charge in [-0.25, -0.2) is 8.42 Å². The quantitative estimate of drug-likeness (QED) is 0.797. The predicted octanol–water partition coefficient (Wildman–Crippen LogP) is 3.74. The molecule has 1 aliphatic carbocycles. The van der Waals surface area contributed by atoms with Gasteiger partial charge in [0, 0.05) is 10.7 Å². The first-order chi connectivity index (χ1) is 8.19. The Balaban J connectivity index is 2.45. The summed E-state index contributed by atoms with van der Waals surface area (Å²) in [7, 11) is 0.168. The van der Waals surface area contributed by atoms with Crippen molar-refractivity contribution >= 4 is 19.7 Å². The van der Waals surface area contributed by atoms with E-state index in [2.05, 4.69) is 0 Å². The van der Waals surface area contributed by atoms with Crippen LogP contribution in [0.1, 0.15) is 35.1 Å². The first-order valence-electron chi connectivity index (χ1n) is 5.29. The molecule has 1 aliphatic rings. The Morgan fingerprint density at radius 1 is 1.28 bits per heavy atom. The zero-order valence-corrected chi connectivity index (χ0v) is 10.7. The van der Waals surface area contributed by atoms with Crippen LogP contribution in [0.5, 0.6) is 0 Å². The standard InChI is InChI=1S/C11H10ClF3O2S/c12-18(16,17)10(11(13,14)15)9-3-1-2-8(6-9)7-4-5-7/h1-3,6-7,10H,4-5H2. The van der Waals surface area contributed by atoms with Crippen molar-refractivity contribution in [2.75, 3.05) is 0 Å². The van der Waals surface area contributed by atoms with E-state index in [9.17, 15) is 21.6 Å². The van der Waals surface area contributed by atoms with Gasteiger partial charge < -0.3 is 0 Å². The van der Waals surface area contributed by atoms with Crippen LogP contribution < -0.4 is 0 Å². The van der Waals surface area contributed by atoms with Crippen LogP contribution >= 0.6 is 10.7 Å². The summed E-state index contributed by atoms with van der Waals surface area (Å²) < 4.78 is 60.6. The highest BCUT2D eigenvalue weighted by molar-refractivity contribution is 8.14. The molecule has 0 saturated heterocycles. The molecule has 0 bridgehead atoms. The largest absolute Gasteiger partial charge is 0.410 e. The zero-order valence-electron chi connectivity index (χ0n) is 9.11. The van der Waals surface area contributed by atoms with Crippen molar-refractivity contribution in [1.82, 2.24) is 0 Å². The van der Waals surface area contributed by atoms with Gasteiger partial charge in [-0.15, -0.1) is 0 Å². The highest BCUT2D eigenvalue weighted by atomic mass is 35.7. The maximum absolute atomic E-state index is 12.8. The predicted molar refractivity (Wildman–Crippen MR) is 62.0 cm³/mol. The molecule has 1 unspecified atom stereocenters. The molecular weight excluding hydrogens is 289 g/mol. The Hall–Kier alpha value is -0.750. The minimum absolute atomic E-state index is 0.247. The summed E-state index contributed by atoms with van der Waals surface area (Å²) in [6, 6.07) is 5.57. The van der Waals surface area contributed by atoms with Gasteiger partial charge >= 0.3 is 6.18 Å². The fraction of sp³-hybridized carbons (Fsp3) is 0.455. The summed E-state index contributed by atoms with van der Waals surface area (Å²) in [5.41, 5.74) is 0.420. The van der Waals surface area contributed by atoms with Crippen LogP contribution in [0.2, 0.25) is 0 Å². The monoisotopic (exact) mass is 298 g/mol. The number of benzene rings is 1. The first kappa shape index (κ1) is 13.7. The van der Waals surface area contributed by atoms with E-state index in [-0.39, 0.29) is 11.5 Å². The summed E-state index contributed by atoms with van der Waals surface area (Å²) >= 11 is 0. The minimum atomic E-state index is -4.91. The average molecular weight is 299 g/mol. The van der Waals surface area contributed by atoms with Gasteiger partial charge in [0.1, 0.15) is 0 Å². The third-order valence-electron chi connectivity index (χ3n) is 2.84. The van der Waals surface area contributed by atoms with Crippen molar-refractivity contribution < 1.29 is 21.6 Å². The smallest absolute Gasteiger partial charge is 0.211 e. The van der Waals surface area contributed by atoms with E-state index >= 15 is 0 Å². The Bertz CT molecular complexity index is 550. The lowest BCUT2D eigenvalue weighted by Crippen LogP contribution is -2.25. The van der Waals surface area contributed by atoms with Crippen LogP contribution in [-0.4, -0.2) is 14.6 Å². The minimum Gasteiger partial charge on any atom is -0.211 e. The lowest BCUT2D eigenvalue weighted by molar-refractivity contribution is -0.131. The molecule has 2 rings (SSSR count). The SMILES string of the molecule is O=S(=O)(Cl)C(c1cccc(C2CC2)c1)C(F)(F)F. The second-order valence-electron chi connectivity index (χ2n) is 4.34. The number of alkyl halides is 3. The van der Waals surface area contributed by atoms with Crippen LogP contribution in [0.3, 0.4) is 0 Å².